The van der Waals surface area contributed by atoms with Crippen LogP contribution in [0.15, 0.2) is 42.5 Å². The van der Waals surface area contributed by atoms with Gasteiger partial charge in [0.15, 0.2) is 6.61 Å². The normalized spacial score (nSPS) is 14.2. The molecule has 2 aromatic rings. The molecule has 0 aliphatic carbocycles. The second kappa shape index (κ2) is 11.0. The highest BCUT2D eigenvalue weighted by Crippen LogP contribution is 2.25. The summed E-state index contributed by atoms with van der Waals surface area (Å²) in [6, 6.07) is 13.1. The third-order valence-electron chi connectivity index (χ3n) is 5.30. The average Bonchev–Trinajstić information content (AvgIpc) is 3.03. The van der Waals surface area contributed by atoms with Crippen LogP contribution in [0.5, 0.6) is 11.5 Å². The zero-order valence-corrected chi connectivity index (χ0v) is 18.9. The molecule has 2 aromatic carbocycles. The molecule has 0 radical (unpaired) electrons. The van der Waals surface area contributed by atoms with Gasteiger partial charge in [0.2, 0.25) is 5.91 Å². The number of hydrogen-bond donors (Lipinski definition) is 0. The van der Waals surface area contributed by atoms with Crippen molar-refractivity contribution in [1.82, 2.24) is 9.80 Å². The molecule has 7 heteroatoms. The molecule has 1 heterocycles. The topological polar surface area (TPSA) is 59.1 Å². The van der Waals surface area contributed by atoms with E-state index in [2.05, 4.69) is 0 Å². The molecule has 1 aliphatic heterocycles. The standard InChI is InChI=1S/C24H29ClN2O4/c1-18-15-21(16-19(2)24(18)25)31-17-23(29)27-11-6-10-26(12-13-27)22(28)9-14-30-20-7-4-3-5-8-20/h3-5,7-8,15-16H,6,9-14,17H2,1-2H3. The van der Waals surface area contributed by atoms with E-state index in [-0.39, 0.29) is 18.4 Å². The number of carbonyl (C=O) groups is 2. The Bertz CT molecular complexity index is 881. The molecular weight excluding hydrogens is 416 g/mol. The van der Waals surface area contributed by atoms with Gasteiger partial charge in [-0.2, -0.15) is 0 Å². The summed E-state index contributed by atoms with van der Waals surface area (Å²) in [5, 5.41) is 0.713. The van der Waals surface area contributed by atoms with Gasteiger partial charge in [-0.3, -0.25) is 9.59 Å². The summed E-state index contributed by atoms with van der Waals surface area (Å²) < 4.78 is 11.3. The monoisotopic (exact) mass is 444 g/mol. The molecule has 1 saturated heterocycles. The van der Waals surface area contributed by atoms with Crippen molar-refractivity contribution in [3.63, 3.8) is 0 Å². The molecule has 0 saturated carbocycles. The fraction of sp³-hybridized carbons (Fsp3) is 0.417. The Balaban J connectivity index is 1.43. The lowest BCUT2D eigenvalue weighted by atomic mass is 10.1. The first-order valence-electron chi connectivity index (χ1n) is 10.6. The van der Waals surface area contributed by atoms with Crippen LogP contribution in [-0.2, 0) is 9.59 Å². The van der Waals surface area contributed by atoms with E-state index < -0.39 is 0 Å². The van der Waals surface area contributed by atoms with Crippen LogP contribution in [0.4, 0.5) is 0 Å². The second-order valence-electron chi connectivity index (χ2n) is 7.69. The molecule has 0 aromatic heterocycles. The fourth-order valence-corrected chi connectivity index (χ4v) is 3.68. The fourth-order valence-electron chi connectivity index (χ4n) is 3.57. The van der Waals surface area contributed by atoms with Crippen LogP contribution in [0.25, 0.3) is 0 Å². The van der Waals surface area contributed by atoms with Gasteiger partial charge in [-0.25, -0.2) is 0 Å². The van der Waals surface area contributed by atoms with E-state index in [1.54, 1.807) is 4.90 Å². The SMILES string of the molecule is Cc1cc(OCC(=O)N2CCCN(C(=O)CCOc3ccccc3)CC2)cc(C)c1Cl. The summed E-state index contributed by atoms with van der Waals surface area (Å²) in [6.45, 7) is 6.43. The summed E-state index contributed by atoms with van der Waals surface area (Å²) in [5.41, 5.74) is 1.84. The number of aryl methyl sites for hydroxylation is 2. The molecule has 1 aliphatic rings. The van der Waals surface area contributed by atoms with Gasteiger partial charge in [0.25, 0.3) is 5.91 Å². The van der Waals surface area contributed by atoms with Gasteiger partial charge >= 0.3 is 0 Å². The molecule has 0 bridgehead atoms. The van der Waals surface area contributed by atoms with E-state index in [9.17, 15) is 9.59 Å². The number of para-hydroxylation sites is 1. The summed E-state index contributed by atoms with van der Waals surface area (Å²) in [5.74, 6) is 1.37. The van der Waals surface area contributed by atoms with Crippen molar-refractivity contribution in [1.29, 1.82) is 0 Å². The first-order valence-corrected chi connectivity index (χ1v) is 10.9. The number of ether oxygens (including phenoxy) is 2. The summed E-state index contributed by atoms with van der Waals surface area (Å²) in [7, 11) is 0. The molecule has 31 heavy (non-hydrogen) atoms. The number of rotatable bonds is 7. The number of carbonyl (C=O) groups excluding carboxylic acids is 2. The largest absolute Gasteiger partial charge is 0.493 e. The maximum atomic E-state index is 12.6. The smallest absolute Gasteiger partial charge is 0.260 e. The van der Waals surface area contributed by atoms with Crippen LogP contribution >= 0.6 is 11.6 Å². The van der Waals surface area contributed by atoms with E-state index >= 15 is 0 Å². The minimum atomic E-state index is -0.0769. The van der Waals surface area contributed by atoms with Gasteiger partial charge < -0.3 is 19.3 Å². The minimum absolute atomic E-state index is 0.0284. The molecular formula is C24H29ClN2O4. The molecule has 3 rings (SSSR count). The first-order chi connectivity index (χ1) is 14.9. The van der Waals surface area contributed by atoms with Crippen LogP contribution < -0.4 is 9.47 Å². The summed E-state index contributed by atoms with van der Waals surface area (Å²) in [4.78, 5) is 28.7. The lowest BCUT2D eigenvalue weighted by Crippen LogP contribution is -2.39. The average molecular weight is 445 g/mol. The van der Waals surface area contributed by atoms with Gasteiger partial charge in [0, 0.05) is 31.2 Å². The maximum Gasteiger partial charge on any atom is 0.260 e. The molecule has 166 valence electrons. The van der Waals surface area contributed by atoms with Crippen LogP contribution in [-0.4, -0.2) is 61.0 Å². The van der Waals surface area contributed by atoms with Crippen LogP contribution in [0.2, 0.25) is 5.02 Å². The minimum Gasteiger partial charge on any atom is -0.493 e. The number of nitrogens with zero attached hydrogens (tertiary/aromatic N) is 2. The highest BCUT2D eigenvalue weighted by molar-refractivity contribution is 6.32. The Morgan fingerprint density at radius 3 is 2.13 bits per heavy atom. The quantitative estimate of drug-likeness (QED) is 0.650. The summed E-state index contributed by atoms with van der Waals surface area (Å²) in [6.07, 6.45) is 1.07. The van der Waals surface area contributed by atoms with E-state index in [1.807, 2.05) is 61.2 Å². The predicted molar refractivity (Wildman–Crippen MR) is 121 cm³/mol. The van der Waals surface area contributed by atoms with E-state index in [0.717, 1.165) is 23.3 Å². The van der Waals surface area contributed by atoms with E-state index in [0.29, 0.717) is 50.0 Å². The van der Waals surface area contributed by atoms with Crippen LogP contribution in [0, 0.1) is 13.8 Å². The highest BCUT2D eigenvalue weighted by atomic mass is 35.5. The Morgan fingerprint density at radius 1 is 0.871 bits per heavy atom. The highest BCUT2D eigenvalue weighted by Gasteiger charge is 2.22. The number of hydrogen-bond acceptors (Lipinski definition) is 4. The Hall–Kier alpha value is -2.73. The van der Waals surface area contributed by atoms with Crippen molar-refractivity contribution in [2.75, 3.05) is 39.4 Å². The zero-order valence-electron chi connectivity index (χ0n) is 18.1. The molecule has 0 N–H and O–H groups in total. The number of benzene rings is 2. The van der Waals surface area contributed by atoms with E-state index in [4.69, 9.17) is 21.1 Å². The van der Waals surface area contributed by atoms with Crippen molar-refractivity contribution in [2.45, 2.75) is 26.7 Å². The van der Waals surface area contributed by atoms with Crippen molar-refractivity contribution in [3.8, 4) is 11.5 Å². The van der Waals surface area contributed by atoms with Crippen LogP contribution in [0.3, 0.4) is 0 Å². The third kappa shape index (κ3) is 6.62. The third-order valence-corrected chi connectivity index (χ3v) is 5.90. The van der Waals surface area contributed by atoms with Crippen molar-refractivity contribution in [2.24, 2.45) is 0 Å². The van der Waals surface area contributed by atoms with Crippen molar-refractivity contribution < 1.29 is 19.1 Å². The molecule has 6 nitrogen and oxygen atoms in total. The number of amides is 2. The molecule has 2 amide bonds. The molecule has 0 spiro atoms. The predicted octanol–water partition coefficient (Wildman–Crippen LogP) is 3.87. The maximum absolute atomic E-state index is 12.6. The molecule has 0 unspecified atom stereocenters. The van der Waals surface area contributed by atoms with Gasteiger partial charge in [-0.1, -0.05) is 29.8 Å². The molecule has 1 fully saturated rings. The van der Waals surface area contributed by atoms with Crippen molar-refractivity contribution in [3.05, 3.63) is 58.6 Å². The van der Waals surface area contributed by atoms with Crippen molar-refractivity contribution >= 4 is 23.4 Å². The van der Waals surface area contributed by atoms with Gasteiger partial charge in [-0.15, -0.1) is 0 Å². The second-order valence-corrected chi connectivity index (χ2v) is 8.06. The lowest BCUT2D eigenvalue weighted by Gasteiger charge is -2.22. The van der Waals surface area contributed by atoms with Crippen LogP contribution in [0.1, 0.15) is 24.0 Å². The van der Waals surface area contributed by atoms with Gasteiger partial charge in [0.05, 0.1) is 13.0 Å². The first kappa shape index (κ1) is 22.9. The van der Waals surface area contributed by atoms with Gasteiger partial charge in [-0.05, 0) is 55.7 Å². The van der Waals surface area contributed by atoms with Gasteiger partial charge in [0.1, 0.15) is 11.5 Å². The Kier molecular flexibility index (Phi) is 8.18. The summed E-state index contributed by atoms with van der Waals surface area (Å²) >= 11 is 6.18. The van der Waals surface area contributed by atoms with E-state index in [1.165, 1.54) is 0 Å². The zero-order chi connectivity index (χ0) is 22.2. The Labute approximate surface area is 188 Å². The molecule has 0 atom stereocenters. The lowest BCUT2D eigenvalue weighted by molar-refractivity contribution is -0.135. The Morgan fingerprint density at radius 2 is 1.48 bits per heavy atom. The number of halogens is 1.